The van der Waals surface area contributed by atoms with Crippen molar-refractivity contribution < 1.29 is 4.79 Å². The van der Waals surface area contributed by atoms with Gasteiger partial charge in [-0.1, -0.05) is 23.9 Å². The number of nitrogens with zero attached hydrogens (tertiary/aromatic N) is 3. The van der Waals surface area contributed by atoms with E-state index in [1.807, 2.05) is 36.4 Å². The van der Waals surface area contributed by atoms with E-state index in [0.29, 0.717) is 5.16 Å². The highest BCUT2D eigenvalue weighted by atomic mass is 32.2. The first-order valence-electron chi connectivity index (χ1n) is 7.27. The first-order valence-corrected chi connectivity index (χ1v) is 8.26. The van der Waals surface area contributed by atoms with E-state index in [4.69, 9.17) is 5.73 Å². The lowest BCUT2D eigenvalue weighted by Gasteiger charge is -2.06. The van der Waals surface area contributed by atoms with Crippen LogP contribution < -0.4 is 11.1 Å². The van der Waals surface area contributed by atoms with Gasteiger partial charge >= 0.3 is 0 Å². The second-order valence-corrected chi connectivity index (χ2v) is 6.01. The Labute approximate surface area is 143 Å². The smallest absolute Gasteiger partial charge is 0.234 e. The van der Waals surface area contributed by atoms with E-state index in [0.717, 1.165) is 12.1 Å². The minimum Gasteiger partial charge on any atom is -0.368 e. The van der Waals surface area contributed by atoms with E-state index < -0.39 is 0 Å². The van der Waals surface area contributed by atoms with Crippen molar-refractivity contribution in [3.8, 4) is 0 Å². The molecule has 24 heavy (non-hydrogen) atoms. The number of pyridine rings is 1. The van der Waals surface area contributed by atoms with E-state index >= 15 is 0 Å². The highest BCUT2D eigenvalue weighted by Gasteiger charge is 2.07. The topological polar surface area (TPSA) is 110 Å². The summed E-state index contributed by atoms with van der Waals surface area (Å²) in [6.07, 6.45) is 4.39. The summed E-state index contributed by atoms with van der Waals surface area (Å²) in [5.41, 5.74) is 8.56. The van der Waals surface area contributed by atoms with Gasteiger partial charge in [0.15, 0.2) is 0 Å². The maximum absolute atomic E-state index is 11.9. The summed E-state index contributed by atoms with van der Waals surface area (Å²) in [7, 11) is 0. The van der Waals surface area contributed by atoms with Crippen LogP contribution in [-0.2, 0) is 11.2 Å². The van der Waals surface area contributed by atoms with Gasteiger partial charge in [-0.05, 0) is 41.8 Å². The van der Waals surface area contributed by atoms with Crippen molar-refractivity contribution in [1.82, 2.24) is 20.2 Å². The third-order valence-electron chi connectivity index (χ3n) is 3.21. The summed E-state index contributed by atoms with van der Waals surface area (Å²) >= 11 is 1.22. The Morgan fingerprint density at radius 1 is 1.12 bits per heavy atom. The number of rotatable bonds is 6. The molecule has 0 saturated heterocycles. The third kappa shape index (κ3) is 4.56. The molecule has 2 heterocycles. The predicted octanol–water partition coefficient (Wildman–Crippen LogP) is 2.10. The summed E-state index contributed by atoms with van der Waals surface area (Å²) < 4.78 is 0. The van der Waals surface area contributed by atoms with Crippen LogP contribution in [0.5, 0.6) is 0 Å². The number of aromatic amines is 1. The van der Waals surface area contributed by atoms with Gasteiger partial charge in [0.2, 0.25) is 17.0 Å². The Morgan fingerprint density at radius 2 is 1.83 bits per heavy atom. The molecule has 0 fully saturated rings. The molecular formula is C16H16N6OS. The molecule has 0 bridgehead atoms. The summed E-state index contributed by atoms with van der Waals surface area (Å²) in [5, 5.41) is 9.69. The predicted molar refractivity (Wildman–Crippen MR) is 93.6 cm³/mol. The highest BCUT2D eigenvalue weighted by molar-refractivity contribution is 7.99. The van der Waals surface area contributed by atoms with Gasteiger partial charge in [-0.2, -0.15) is 4.98 Å². The molecule has 122 valence electrons. The molecule has 0 saturated carbocycles. The molecule has 0 atom stereocenters. The Morgan fingerprint density at radius 3 is 2.50 bits per heavy atom. The second kappa shape index (κ2) is 7.60. The molecule has 7 nitrogen and oxygen atoms in total. The molecule has 0 aliphatic rings. The van der Waals surface area contributed by atoms with E-state index in [1.54, 1.807) is 12.4 Å². The lowest BCUT2D eigenvalue weighted by molar-refractivity contribution is -0.113. The average Bonchev–Trinajstić information content (AvgIpc) is 3.01. The molecule has 2 aromatic heterocycles. The van der Waals surface area contributed by atoms with Crippen LogP contribution in [0.4, 0.5) is 11.6 Å². The number of hydrogen-bond donors (Lipinski definition) is 3. The van der Waals surface area contributed by atoms with Crippen LogP contribution in [0.15, 0.2) is 53.9 Å². The van der Waals surface area contributed by atoms with Crippen LogP contribution in [-0.4, -0.2) is 31.8 Å². The van der Waals surface area contributed by atoms with Gasteiger partial charge in [-0.3, -0.25) is 9.78 Å². The fraction of sp³-hybridized carbons (Fsp3) is 0.125. The van der Waals surface area contributed by atoms with Crippen molar-refractivity contribution in [2.24, 2.45) is 0 Å². The molecule has 8 heteroatoms. The maximum Gasteiger partial charge on any atom is 0.234 e. The van der Waals surface area contributed by atoms with Gasteiger partial charge < -0.3 is 11.1 Å². The minimum absolute atomic E-state index is 0.120. The van der Waals surface area contributed by atoms with Crippen molar-refractivity contribution in [2.45, 2.75) is 11.6 Å². The van der Waals surface area contributed by atoms with Crippen LogP contribution in [0.3, 0.4) is 0 Å². The molecule has 3 aromatic rings. The first-order chi connectivity index (χ1) is 11.7. The number of carbonyl (C=O) groups excluding carboxylic acids is 1. The van der Waals surface area contributed by atoms with Crippen molar-refractivity contribution in [3.63, 3.8) is 0 Å². The number of H-pyrrole nitrogens is 1. The zero-order valence-corrected chi connectivity index (χ0v) is 13.6. The Bertz CT molecular complexity index is 803. The molecule has 3 rings (SSSR count). The lowest BCUT2D eigenvalue weighted by atomic mass is 10.1. The van der Waals surface area contributed by atoms with Crippen LogP contribution in [0, 0.1) is 0 Å². The Kier molecular flexibility index (Phi) is 5.07. The lowest BCUT2D eigenvalue weighted by Crippen LogP contribution is -2.14. The molecule has 1 aromatic carbocycles. The van der Waals surface area contributed by atoms with Crippen LogP contribution in [0.1, 0.15) is 11.1 Å². The largest absolute Gasteiger partial charge is 0.368 e. The number of amides is 1. The SMILES string of the molecule is Nc1nc(SCC(=O)Nc2ccc(Cc3ccncc3)cc2)n[nH]1. The number of aromatic nitrogens is 4. The summed E-state index contributed by atoms with van der Waals surface area (Å²) in [4.78, 5) is 19.9. The number of thioether (sulfide) groups is 1. The monoisotopic (exact) mass is 340 g/mol. The van der Waals surface area contributed by atoms with Gasteiger partial charge in [-0.25, -0.2) is 5.10 Å². The van der Waals surface area contributed by atoms with Crippen molar-refractivity contribution >= 4 is 29.3 Å². The van der Waals surface area contributed by atoms with Crippen molar-refractivity contribution in [3.05, 3.63) is 59.9 Å². The second-order valence-electron chi connectivity index (χ2n) is 5.07. The van der Waals surface area contributed by atoms with Crippen molar-refractivity contribution in [1.29, 1.82) is 0 Å². The molecule has 4 N–H and O–H groups in total. The van der Waals surface area contributed by atoms with Gasteiger partial charge in [0, 0.05) is 18.1 Å². The first kappa shape index (κ1) is 16.0. The number of carbonyl (C=O) groups is 1. The zero-order valence-electron chi connectivity index (χ0n) is 12.8. The van der Waals surface area contributed by atoms with E-state index in [-0.39, 0.29) is 17.6 Å². The quantitative estimate of drug-likeness (QED) is 0.593. The third-order valence-corrected chi connectivity index (χ3v) is 4.06. The number of nitrogen functional groups attached to an aromatic ring is 1. The fourth-order valence-corrected chi connectivity index (χ4v) is 2.70. The highest BCUT2D eigenvalue weighted by Crippen LogP contribution is 2.16. The van der Waals surface area contributed by atoms with Gasteiger partial charge in [0.05, 0.1) is 5.75 Å². The molecular weight excluding hydrogens is 324 g/mol. The standard InChI is InChI=1S/C16H16N6OS/c17-15-20-16(22-21-15)24-10-14(23)19-13-3-1-11(2-4-13)9-12-5-7-18-8-6-12/h1-8H,9-10H2,(H,19,23)(H3,17,20,21,22). The minimum atomic E-state index is -0.120. The van der Waals surface area contributed by atoms with E-state index in [9.17, 15) is 4.79 Å². The van der Waals surface area contributed by atoms with Crippen molar-refractivity contribution in [2.75, 3.05) is 16.8 Å². The van der Waals surface area contributed by atoms with Gasteiger partial charge in [-0.15, -0.1) is 5.10 Å². The fourth-order valence-electron chi connectivity index (χ4n) is 2.09. The molecule has 1 amide bonds. The molecule has 0 spiro atoms. The number of nitrogens with two attached hydrogens (primary N) is 1. The number of hydrogen-bond acceptors (Lipinski definition) is 6. The number of anilines is 2. The summed E-state index contributed by atoms with van der Waals surface area (Å²) in [5.74, 6) is 0.337. The number of benzene rings is 1. The van der Waals surface area contributed by atoms with E-state index in [1.165, 1.54) is 22.9 Å². The van der Waals surface area contributed by atoms with Gasteiger partial charge in [0.25, 0.3) is 0 Å². The molecule has 0 unspecified atom stereocenters. The van der Waals surface area contributed by atoms with Gasteiger partial charge in [0.1, 0.15) is 0 Å². The molecule has 0 aliphatic carbocycles. The van der Waals surface area contributed by atoms with Crippen LogP contribution >= 0.6 is 11.8 Å². The summed E-state index contributed by atoms with van der Waals surface area (Å²) in [6, 6.07) is 11.8. The van der Waals surface area contributed by atoms with Crippen LogP contribution in [0.2, 0.25) is 0 Å². The van der Waals surface area contributed by atoms with E-state index in [2.05, 4.69) is 25.5 Å². The Hall–Kier alpha value is -2.87. The number of nitrogens with one attached hydrogen (secondary N) is 2. The molecule has 0 aliphatic heterocycles. The average molecular weight is 340 g/mol. The normalized spacial score (nSPS) is 10.5. The summed E-state index contributed by atoms with van der Waals surface area (Å²) in [6.45, 7) is 0. The maximum atomic E-state index is 11.9. The van der Waals surface area contributed by atoms with Crippen LogP contribution in [0.25, 0.3) is 0 Å². The zero-order chi connectivity index (χ0) is 16.8. The molecule has 0 radical (unpaired) electrons. The Balaban J connectivity index is 1.51.